The standard InChI is InChI=1S/C19H23N5O/c1-3-10-24-12-6-15-4-5-16(13-18(15)24)22-19(25)23(2)11-7-17-14-20-8-9-21-17/h4-6,8-9,12-14H,3,7,10-11H2,1-2H3,(H,22,25). The van der Waals surface area contributed by atoms with Crippen molar-refractivity contribution in [3.8, 4) is 0 Å². The first-order valence-corrected chi connectivity index (χ1v) is 8.53. The number of carbonyl (C=O) groups excluding carboxylic acids is 1. The lowest BCUT2D eigenvalue weighted by Gasteiger charge is -2.18. The molecule has 2 aromatic heterocycles. The highest BCUT2D eigenvalue weighted by molar-refractivity contribution is 5.92. The second kappa shape index (κ2) is 7.79. The van der Waals surface area contributed by atoms with Crippen LogP contribution < -0.4 is 5.32 Å². The van der Waals surface area contributed by atoms with Gasteiger partial charge in [0.1, 0.15) is 0 Å². The maximum absolute atomic E-state index is 12.4. The molecule has 1 N–H and O–H groups in total. The molecule has 0 bridgehead atoms. The third kappa shape index (κ3) is 4.15. The molecule has 0 atom stereocenters. The van der Waals surface area contributed by atoms with Gasteiger partial charge in [-0.3, -0.25) is 9.97 Å². The Bertz CT molecular complexity index is 843. The Labute approximate surface area is 147 Å². The van der Waals surface area contributed by atoms with E-state index in [1.807, 2.05) is 18.2 Å². The number of likely N-dealkylation sites (N-methyl/N-ethyl adjacent to an activating group) is 1. The van der Waals surface area contributed by atoms with Crippen molar-refractivity contribution in [1.29, 1.82) is 0 Å². The number of rotatable bonds is 6. The van der Waals surface area contributed by atoms with Crippen LogP contribution in [-0.4, -0.2) is 39.1 Å². The number of hydrogen-bond donors (Lipinski definition) is 1. The molecule has 0 saturated heterocycles. The molecule has 0 fully saturated rings. The summed E-state index contributed by atoms with van der Waals surface area (Å²) < 4.78 is 2.21. The minimum Gasteiger partial charge on any atom is -0.347 e. The zero-order valence-electron chi connectivity index (χ0n) is 14.6. The summed E-state index contributed by atoms with van der Waals surface area (Å²) in [7, 11) is 1.78. The second-order valence-electron chi connectivity index (χ2n) is 6.08. The van der Waals surface area contributed by atoms with Crippen LogP contribution in [0.4, 0.5) is 10.5 Å². The lowest BCUT2D eigenvalue weighted by molar-refractivity contribution is 0.223. The van der Waals surface area contributed by atoms with E-state index in [-0.39, 0.29) is 6.03 Å². The largest absolute Gasteiger partial charge is 0.347 e. The maximum Gasteiger partial charge on any atom is 0.321 e. The molecule has 25 heavy (non-hydrogen) atoms. The number of nitrogens with zero attached hydrogens (tertiary/aromatic N) is 4. The minimum atomic E-state index is -0.128. The fourth-order valence-electron chi connectivity index (χ4n) is 2.76. The van der Waals surface area contributed by atoms with E-state index in [2.05, 4.69) is 39.0 Å². The van der Waals surface area contributed by atoms with Crippen LogP contribution in [0.1, 0.15) is 19.0 Å². The van der Waals surface area contributed by atoms with Gasteiger partial charge in [-0.15, -0.1) is 0 Å². The first-order valence-electron chi connectivity index (χ1n) is 8.53. The number of benzene rings is 1. The van der Waals surface area contributed by atoms with Crippen molar-refractivity contribution in [2.75, 3.05) is 18.9 Å². The Morgan fingerprint density at radius 1 is 1.28 bits per heavy atom. The van der Waals surface area contributed by atoms with Gasteiger partial charge in [0.05, 0.1) is 11.2 Å². The number of urea groups is 1. The molecule has 1 aromatic carbocycles. The molecular formula is C19H23N5O. The summed E-state index contributed by atoms with van der Waals surface area (Å²) in [5.41, 5.74) is 2.82. The van der Waals surface area contributed by atoms with Gasteiger partial charge in [-0.2, -0.15) is 0 Å². The van der Waals surface area contributed by atoms with Crippen molar-refractivity contribution in [2.45, 2.75) is 26.3 Å². The van der Waals surface area contributed by atoms with Crippen LogP contribution in [0.3, 0.4) is 0 Å². The van der Waals surface area contributed by atoms with Crippen LogP contribution in [0.15, 0.2) is 49.1 Å². The normalized spacial score (nSPS) is 10.8. The topological polar surface area (TPSA) is 63.1 Å². The lowest BCUT2D eigenvalue weighted by Crippen LogP contribution is -2.33. The van der Waals surface area contributed by atoms with E-state index >= 15 is 0 Å². The van der Waals surface area contributed by atoms with Crippen LogP contribution in [-0.2, 0) is 13.0 Å². The van der Waals surface area contributed by atoms with E-state index in [0.29, 0.717) is 13.0 Å². The highest BCUT2D eigenvalue weighted by atomic mass is 16.2. The fourth-order valence-corrected chi connectivity index (χ4v) is 2.76. The average molecular weight is 337 g/mol. The average Bonchev–Trinajstić information content (AvgIpc) is 3.03. The van der Waals surface area contributed by atoms with Gasteiger partial charge in [0.25, 0.3) is 0 Å². The summed E-state index contributed by atoms with van der Waals surface area (Å²) in [6.45, 7) is 3.71. The maximum atomic E-state index is 12.4. The van der Waals surface area contributed by atoms with Crippen LogP contribution in [0.2, 0.25) is 0 Å². The third-order valence-corrected chi connectivity index (χ3v) is 4.16. The number of hydrogen-bond acceptors (Lipinski definition) is 3. The number of nitrogens with one attached hydrogen (secondary N) is 1. The molecule has 2 amide bonds. The SMILES string of the molecule is CCCn1ccc2ccc(NC(=O)N(C)CCc3cnccn3)cc21. The molecule has 0 unspecified atom stereocenters. The first kappa shape index (κ1) is 17.0. The van der Waals surface area contributed by atoms with Gasteiger partial charge in [0.15, 0.2) is 0 Å². The van der Waals surface area contributed by atoms with Crippen molar-refractivity contribution >= 4 is 22.6 Å². The first-order chi connectivity index (χ1) is 12.2. The molecular weight excluding hydrogens is 314 g/mol. The van der Waals surface area contributed by atoms with Gasteiger partial charge in [-0.1, -0.05) is 13.0 Å². The van der Waals surface area contributed by atoms with Crippen LogP contribution >= 0.6 is 0 Å². The number of anilines is 1. The van der Waals surface area contributed by atoms with Crippen LogP contribution in [0.5, 0.6) is 0 Å². The van der Waals surface area contributed by atoms with E-state index in [0.717, 1.165) is 29.9 Å². The summed E-state index contributed by atoms with van der Waals surface area (Å²) in [5.74, 6) is 0. The summed E-state index contributed by atoms with van der Waals surface area (Å²) in [6, 6.07) is 7.98. The number of carbonyl (C=O) groups is 1. The number of amides is 2. The van der Waals surface area contributed by atoms with Crippen molar-refractivity contribution in [1.82, 2.24) is 19.4 Å². The Kier molecular flexibility index (Phi) is 5.28. The summed E-state index contributed by atoms with van der Waals surface area (Å²) >= 11 is 0. The number of aryl methyl sites for hydroxylation is 1. The Balaban J connectivity index is 1.63. The van der Waals surface area contributed by atoms with Gasteiger partial charge in [-0.25, -0.2) is 4.79 Å². The van der Waals surface area contributed by atoms with Gasteiger partial charge in [-0.05, 0) is 30.0 Å². The monoisotopic (exact) mass is 337 g/mol. The van der Waals surface area contributed by atoms with E-state index in [1.54, 1.807) is 30.5 Å². The molecule has 0 saturated carbocycles. The van der Waals surface area contributed by atoms with Crippen molar-refractivity contribution in [2.24, 2.45) is 0 Å². The zero-order chi connectivity index (χ0) is 17.6. The number of aromatic nitrogens is 3. The summed E-state index contributed by atoms with van der Waals surface area (Å²) in [6.07, 6.45) is 8.87. The molecule has 6 heteroatoms. The highest BCUT2D eigenvalue weighted by Gasteiger charge is 2.10. The van der Waals surface area contributed by atoms with E-state index in [1.165, 1.54) is 5.39 Å². The molecule has 3 aromatic rings. The molecule has 0 radical (unpaired) electrons. The molecule has 0 aliphatic carbocycles. The van der Waals surface area contributed by atoms with Gasteiger partial charge in [0, 0.05) is 57.0 Å². The summed E-state index contributed by atoms with van der Waals surface area (Å²) in [4.78, 5) is 22.3. The molecule has 6 nitrogen and oxygen atoms in total. The minimum absolute atomic E-state index is 0.128. The van der Waals surface area contributed by atoms with Crippen LogP contribution in [0.25, 0.3) is 10.9 Å². The number of fused-ring (bicyclic) bond motifs is 1. The third-order valence-electron chi connectivity index (χ3n) is 4.16. The molecule has 0 aliphatic heterocycles. The van der Waals surface area contributed by atoms with Crippen LogP contribution in [0, 0.1) is 0 Å². The quantitative estimate of drug-likeness (QED) is 0.748. The molecule has 0 aliphatic rings. The van der Waals surface area contributed by atoms with E-state index in [9.17, 15) is 4.79 Å². The zero-order valence-corrected chi connectivity index (χ0v) is 14.6. The lowest BCUT2D eigenvalue weighted by atomic mass is 10.2. The molecule has 130 valence electrons. The Morgan fingerprint density at radius 3 is 2.92 bits per heavy atom. The molecule has 0 spiro atoms. The second-order valence-corrected chi connectivity index (χ2v) is 6.08. The summed E-state index contributed by atoms with van der Waals surface area (Å²) in [5, 5.41) is 4.15. The van der Waals surface area contributed by atoms with Crippen molar-refractivity contribution in [3.05, 3.63) is 54.7 Å². The Hall–Kier alpha value is -2.89. The van der Waals surface area contributed by atoms with Gasteiger partial charge < -0.3 is 14.8 Å². The van der Waals surface area contributed by atoms with Crippen molar-refractivity contribution < 1.29 is 4.79 Å². The highest BCUT2D eigenvalue weighted by Crippen LogP contribution is 2.21. The van der Waals surface area contributed by atoms with E-state index in [4.69, 9.17) is 0 Å². The molecule has 2 heterocycles. The van der Waals surface area contributed by atoms with Gasteiger partial charge >= 0.3 is 6.03 Å². The van der Waals surface area contributed by atoms with Gasteiger partial charge in [0.2, 0.25) is 0 Å². The smallest absolute Gasteiger partial charge is 0.321 e. The van der Waals surface area contributed by atoms with E-state index < -0.39 is 0 Å². The van der Waals surface area contributed by atoms with Crippen molar-refractivity contribution in [3.63, 3.8) is 0 Å². The molecule has 3 rings (SSSR count). The fraction of sp³-hybridized carbons (Fsp3) is 0.316. The Morgan fingerprint density at radius 2 is 2.16 bits per heavy atom. The predicted octanol–water partition coefficient (Wildman–Crippen LogP) is 3.55. The predicted molar refractivity (Wildman–Crippen MR) is 99.6 cm³/mol.